The highest BCUT2D eigenvalue weighted by Gasteiger charge is 2.39. The van der Waals surface area contributed by atoms with Crippen molar-refractivity contribution in [2.45, 2.75) is 33.8 Å². The number of carbonyl (C=O) groups is 1. The van der Waals surface area contributed by atoms with E-state index in [2.05, 4.69) is 15.9 Å². The van der Waals surface area contributed by atoms with Gasteiger partial charge in [-0.2, -0.15) is 0 Å². The molecule has 0 spiro atoms. The Balaban J connectivity index is 2.29. The summed E-state index contributed by atoms with van der Waals surface area (Å²) in [5, 5.41) is 0. The van der Waals surface area contributed by atoms with E-state index in [1.807, 2.05) is 0 Å². The average molecular weight is 581 g/mol. The zero-order valence-corrected chi connectivity index (χ0v) is 22.2. The van der Waals surface area contributed by atoms with Crippen LogP contribution in [-0.4, -0.2) is 62.0 Å². The second-order valence-electron chi connectivity index (χ2n) is 7.85. The molecule has 3 rings (SSSR count). The number of nitrogens with zero attached hydrogens (tertiary/aromatic N) is 1. The molecule has 1 atom stereocenters. The molecule has 0 amide bonds. The molecule has 13 heteroatoms. The number of methoxy groups -OCH3 is 1. The fourth-order valence-corrected chi connectivity index (χ4v) is 7.17. The van der Waals surface area contributed by atoms with Crippen molar-refractivity contribution in [2.24, 2.45) is 0 Å². The number of halogens is 1. The molecule has 0 saturated carbocycles. The monoisotopic (exact) mass is 579 g/mol. The Morgan fingerprint density at radius 1 is 1.00 bits per heavy atom. The summed E-state index contributed by atoms with van der Waals surface area (Å²) in [5.74, 6) is -0.596. The van der Waals surface area contributed by atoms with Gasteiger partial charge in [-0.25, -0.2) is 30.0 Å². The number of hydrogen-bond donors (Lipinski definition) is 0. The third kappa shape index (κ3) is 5.16. The van der Waals surface area contributed by atoms with E-state index in [0.717, 1.165) is 40.9 Å². The molecule has 2 aromatic carbocycles. The second-order valence-corrected chi connectivity index (χ2v) is 14.7. The van der Waals surface area contributed by atoms with Gasteiger partial charge in [0.15, 0.2) is 29.5 Å². The summed E-state index contributed by atoms with van der Waals surface area (Å²) in [6.07, 6.45) is 2.61. The van der Waals surface area contributed by atoms with E-state index in [4.69, 9.17) is 4.74 Å². The molecule has 0 N–H and O–H groups in total. The number of rotatable bonds is 6. The van der Waals surface area contributed by atoms with Gasteiger partial charge >= 0.3 is 5.97 Å². The summed E-state index contributed by atoms with van der Waals surface area (Å²) >= 11 is 3.45. The number of esters is 1. The summed E-state index contributed by atoms with van der Waals surface area (Å²) in [4.78, 5) is 13.0. The summed E-state index contributed by atoms with van der Waals surface area (Å²) in [6.45, 7) is -0.0491. The van der Waals surface area contributed by atoms with Gasteiger partial charge in [0.2, 0.25) is 0 Å². The van der Waals surface area contributed by atoms with E-state index in [1.165, 1.54) is 7.11 Å². The predicted octanol–water partition coefficient (Wildman–Crippen LogP) is 1.89. The van der Waals surface area contributed by atoms with Crippen LogP contribution in [0.5, 0.6) is 0 Å². The smallest absolute Gasteiger partial charge is 0.327 e. The lowest BCUT2D eigenvalue weighted by Crippen LogP contribution is -2.30. The summed E-state index contributed by atoms with van der Waals surface area (Å²) in [6, 6.07) is 6.29. The van der Waals surface area contributed by atoms with E-state index in [-0.39, 0.29) is 18.7 Å². The van der Waals surface area contributed by atoms with Crippen LogP contribution in [0.15, 0.2) is 49.5 Å². The molecule has 1 aliphatic heterocycles. The van der Waals surface area contributed by atoms with Crippen molar-refractivity contribution < 1.29 is 34.8 Å². The minimum Gasteiger partial charge on any atom is -0.468 e. The highest BCUT2D eigenvalue weighted by Crippen LogP contribution is 2.41. The Hall–Kier alpha value is -1.80. The van der Waals surface area contributed by atoms with E-state index < -0.39 is 56.2 Å². The number of ether oxygens (including phenoxy) is 1. The van der Waals surface area contributed by atoms with Crippen LogP contribution < -0.4 is 0 Å². The molecule has 1 heterocycles. The fourth-order valence-electron chi connectivity index (χ4n) is 3.85. The lowest BCUT2D eigenvalue weighted by atomic mass is 10.0. The molecule has 2 aromatic rings. The first-order valence-corrected chi connectivity index (χ1v) is 15.9. The molecular formula is C20H22BrNO8S3. The summed E-state index contributed by atoms with van der Waals surface area (Å²) in [5.41, 5.74) is 1.32. The van der Waals surface area contributed by atoms with Gasteiger partial charge in [-0.1, -0.05) is 28.1 Å². The van der Waals surface area contributed by atoms with Crippen LogP contribution in [0.2, 0.25) is 0 Å². The Bertz CT molecular complexity index is 1410. The van der Waals surface area contributed by atoms with Gasteiger partial charge in [-0.3, -0.25) is 4.90 Å². The molecule has 0 bridgehead atoms. The van der Waals surface area contributed by atoms with Crippen LogP contribution in [0, 0.1) is 0 Å². The molecule has 180 valence electrons. The zero-order valence-electron chi connectivity index (χ0n) is 18.2. The molecule has 33 heavy (non-hydrogen) atoms. The van der Waals surface area contributed by atoms with Gasteiger partial charge in [-0.05, 0) is 29.3 Å². The van der Waals surface area contributed by atoms with E-state index >= 15 is 0 Å². The zero-order chi connectivity index (χ0) is 24.9. The summed E-state index contributed by atoms with van der Waals surface area (Å²) < 4.78 is 80.5. The minimum absolute atomic E-state index is 0.106. The quantitative estimate of drug-likeness (QED) is 0.470. The highest BCUT2D eigenvalue weighted by atomic mass is 79.9. The van der Waals surface area contributed by atoms with Crippen LogP contribution >= 0.6 is 15.9 Å². The molecule has 0 aliphatic carbocycles. The Morgan fingerprint density at radius 2 is 1.55 bits per heavy atom. The lowest BCUT2D eigenvalue weighted by molar-refractivity contribution is -0.147. The van der Waals surface area contributed by atoms with Gasteiger partial charge in [0, 0.05) is 41.9 Å². The van der Waals surface area contributed by atoms with Gasteiger partial charge in [0.05, 0.1) is 21.8 Å². The Morgan fingerprint density at radius 3 is 2.00 bits per heavy atom. The number of fused-ring (bicyclic) bond motifs is 1. The number of sulfone groups is 3. The number of hydrogen-bond acceptors (Lipinski definition) is 9. The first kappa shape index (κ1) is 25.8. The Labute approximate surface area is 201 Å². The van der Waals surface area contributed by atoms with Gasteiger partial charge in [-0.15, -0.1) is 0 Å². The van der Waals surface area contributed by atoms with Crippen molar-refractivity contribution in [3.63, 3.8) is 0 Å². The van der Waals surface area contributed by atoms with Crippen molar-refractivity contribution >= 4 is 51.4 Å². The maximum Gasteiger partial charge on any atom is 0.327 e. The average Bonchev–Trinajstić information content (AvgIpc) is 3.04. The van der Waals surface area contributed by atoms with Crippen molar-refractivity contribution in [2.75, 3.05) is 25.9 Å². The lowest BCUT2D eigenvalue weighted by Gasteiger charge is -2.25. The largest absolute Gasteiger partial charge is 0.468 e. The number of carbonyl (C=O) groups excluding carboxylic acids is 1. The first-order chi connectivity index (χ1) is 15.1. The van der Waals surface area contributed by atoms with Crippen molar-refractivity contribution in [1.29, 1.82) is 0 Å². The van der Waals surface area contributed by atoms with Crippen LogP contribution in [0.25, 0.3) is 0 Å². The molecule has 0 fully saturated rings. The van der Waals surface area contributed by atoms with Crippen LogP contribution in [0.4, 0.5) is 0 Å². The summed E-state index contributed by atoms with van der Waals surface area (Å²) in [7, 11) is -10.8. The van der Waals surface area contributed by atoms with Crippen molar-refractivity contribution in [3.05, 3.63) is 51.5 Å². The minimum atomic E-state index is -4.04. The molecule has 0 saturated heterocycles. The number of benzene rings is 2. The van der Waals surface area contributed by atoms with Gasteiger partial charge in [0.1, 0.15) is 6.04 Å². The Kier molecular flexibility index (Phi) is 6.86. The third-order valence-electron chi connectivity index (χ3n) is 5.33. The molecule has 0 aromatic heterocycles. The first-order valence-electron chi connectivity index (χ1n) is 9.42. The van der Waals surface area contributed by atoms with E-state index in [0.29, 0.717) is 5.56 Å². The maximum atomic E-state index is 12.6. The van der Waals surface area contributed by atoms with E-state index in [1.54, 1.807) is 23.1 Å². The highest BCUT2D eigenvalue weighted by molar-refractivity contribution is 9.10. The normalized spacial score (nSPS) is 17.1. The topological polar surface area (TPSA) is 132 Å². The van der Waals surface area contributed by atoms with Crippen molar-refractivity contribution in [3.8, 4) is 0 Å². The molecule has 1 unspecified atom stereocenters. The van der Waals surface area contributed by atoms with Gasteiger partial charge in [0.25, 0.3) is 0 Å². The van der Waals surface area contributed by atoms with E-state index in [9.17, 15) is 30.0 Å². The molecule has 0 radical (unpaired) electrons. The fraction of sp³-hybridized carbons (Fsp3) is 0.350. The predicted molar refractivity (Wildman–Crippen MR) is 124 cm³/mol. The standard InChI is InChI=1S/C20H22BrNO8S3/c1-30-20(23)19-13-6-5-7-16(21)14(13)10-22(19)11-15-17(32(3,26)27)8-12(31(2,24)25)9-18(15)33(4,28)29/h5-9,19H,10-11H2,1-4H3. The van der Waals surface area contributed by atoms with Crippen LogP contribution in [0.1, 0.15) is 22.7 Å². The SMILES string of the molecule is COC(=O)C1c2cccc(Br)c2CN1Cc1c(S(C)(=O)=O)cc(S(C)(=O)=O)cc1S(C)(=O)=O. The van der Waals surface area contributed by atoms with Crippen molar-refractivity contribution in [1.82, 2.24) is 4.90 Å². The molecule has 1 aliphatic rings. The van der Waals surface area contributed by atoms with Crippen LogP contribution in [-0.2, 0) is 52.1 Å². The molecular weight excluding hydrogens is 558 g/mol. The molecule has 9 nitrogen and oxygen atoms in total. The van der Waals surface area contributed by atoms with Crippen LogP contribution in [0.3, 0.4) is 0 Å². The second kappa shape index (κ2) is 8.77. The van der Waals surface area contributed by atoms with Gasteiger partial charge < -0.3 is 4.74 Å². The maximum absolute atomic E-state index is 12.6. The third-order valence-corrected chi connectivity index (χ3v) is 9.49.